The quantitative estimate of drug-likeness (QED) is 0.885. The van der Waals surface area contributed by atoms with Crippen LogP contribution >= 0.6 is 11.6 Å². The van der Waals surface area contributed by atoms with E-state index >= 15 is 0 Å². The summed E-state index contributed by atoms with van der Waals surface area (Å²) in [6, 6.07) is 7.45. The van der Waals surface area contributed by atoms with Gasteiger partial charge in [0.05, 0.1) is 26.1 Å². The fourth-order valence-corrected chi connectivity index (χ4v) is 3.05. The highest BCUT2D eigenvalue weighted by atomic mass is 35.5. The van der Waals surface area contributed by atoms with Gasteiger partial charge in [-0.3, -0.25) is 4.79 Å². The molecule has 1 aliphatic heterocycles. The summed E-state index contributed by atoms with van der Waals surface area (Å²) in [7, 11) is 0. The first-order valence-corrected chi connectivity index (χ1v) is 8.21. The van der Waals surface area contributed by atoms with E-state index in [-0.39, 0.29) is 19.1 Å². The molecule has 1 aromatic carbocycles. The number of imidazole rings is 1. The summed E-state index contributed by atoms with van der Waals surface area (Å²) >= 11 is 5.91. The zero-order valence-electron chi connectivity index (χ0n) is 13.3. The number of carbonyl (C=O) groups excluding carboxylic acids is 1. The molecule has 128 valence electrons. The number of halogens is 1. The SMILES string of the molecule is O=C(Cn1ccnc1)N1CCOC(CO)(Cc2ccc(Cl)cc2)C1. The van der Waals surface area contributed by atoms with Crippen LogP contribution in [0, 0.1) is 0 Å². The number of nitrogens with zero attached hydrogens (tertiary/aromatic N) is 3. The Morgan fingerprint density at radius 2 is 2.17 bits per heavy atom. The second kappa shape index (κ2) is 7.34. The topological polar surface area (TPSA) is 67.6 Å². The maximum absolute atomic E-state index is 12.5. The number of hydrogen-bond acceptors (Lipinski definition) is 4. The van der Waals surface area contributed by atoms with E-state index in [1.54, 1.807) is 28.2 Å². The van der Waals surface area contributed by atoms with Crippen LogP contribution in [0.1, 0.15) is 5.56 Å². The van der Waals surface area contributed by atoms with Crippen molar-refractivity contribution in [2.45, 2.75) is 18.6 Å². The maximum Gasteiger partial charge on any atom is 0.242 e. The molecule has 1 atom stereocenters. The fraction of sp³-hybridized carbons (Fsp3) is 0.412. The molecule has 1 fully saturated rings. The molecule has 2 heterocycles. The molecule has 7 heteroatoms. The molecule has 1 amide bonds. The molecular weight excluding hydrogens is 330 g/mol. The first-order valence-electron chi connectivity index (χ1n) is 7.83. The number of aliphatic hydroxyl groups excluding tert-OH is 1. The van der Waals surface area contributed by atoms with Crippen molar-refractivity contribution in [1.29, 1.82) is 0 Å². The maximum atomic E-state index is 12.5. The number of benzene rings is 1. The van der Waals surface area contributed by atoms with Gasteiger partial charge >= 0.3 is 0 Å². The monoisotopic (exact) mass is 349 g/mol. The van der Waals surface area contributed by atoms with Crippen molar-refractivity contribution in [2.24, 2.45) is 0 Å². The molecule has 3 rings (SSSR count). The summed E-state index contributed by atoms with van der Waals surface area (Å²) in [6.45, 7) is 1.38. The summed E-state index contributed by atoms with van der Waals surface area (Å²) in [5.74, 6) is -0.00905. The van der Waals surface area contributed by atoms with Gasteiger partial charge in [-0.05, 0) is 17.7 Å². The Bertz CT molecular complexity index is 675. The molecule has 6 nitrogen and oxygen atoms in total. The number of amides is 1. The van der Waals surface area contributed by atoms with Crippen LogP contribution in [0.4, 0.5) is 0 Å². The van der Waals surface area contributed by atoms with Crippen molar-refractivity contribution >= 4 is 17.5 Å². The second-order valence-electron chi connectivity index (χ2n) is 6.04. The zero-order chi connectivity index (χ0) is 17.0. The molecule has 1 aromatic heterocycles. The Balaban J connectivity index is 1.69. The number of rotatable bonds is 5. The molecule has 0 spiro atoms. The van der Waals surface area contributed by atoms with Crippen LogP contribution in [0.5, 0.6) is 0 Å². The highest BCUT2D eigenvalue weighted by Gasteiger charge is 2.38. The van der Waals surface area contributed by atoms with Crippen molar-refractivity contribution in [3.8, 4) is 0 Å². The van der Waals surface area contributed by atoms with Gasteiger partial charge in [-0.25, -0.2) is 4.98 Å². The van der Waals surface area contributed by atoms with Crippen molar-refractivity contribution in [1.82, 2.24) is 14.5 Å². The van der Waals surface area contributed by atoms with Gasteiger partial charge in [0.1, 0.15) is 12.1 Å². The number of aromatic nitrogens is 2. The van der Waals surface area contributed by atoms with Gasteiger partial charge in [0.25, 0.3) is 0 Å². The third kappa shape index (κ3) is 3.95. The number of aliphatic hydroxyl groups is 1. The third-order valence-electron chi connectivity index (χ3n) is 4.21. The van der Waals surface area contributed by atoms with E-state index in [0.717, 1.165) is 5.56 Å². The highest BCUT2D eigenvalue weighted by molar-refractivity contribution is 6.30. The van der Waals surface area contributed by atoms with Crippen LogP contribution in [-0.2, 0) is 22.5 Å². The standard InChI is InChI=1S/C17H20ClN3O3/c18-15-3-1-14(2-4-15)9-17(12-22)11-21(7-8-24-17)16(23)10-20-6-5-19-13-20/h1-6,13,22H,7-12H2. The number of morpholine rings is 1. The Kier molecular flexibility index (Phi) is 5.18. The summed E-state index contributed by atoms with van der Waals surface area (Å²) in [6.07, 6.45) is 5.54. The molecule has 1 unspecified atom stereocenters. The summed E-state index contributed by atoms with van der Waals surface area (Å²) in [4.78, 5) is 18.2. The van der Waals surface area contributed by atoms with Gasteiger partial charge in [-0.2, -0.15) is 0 Å². The number of hydrogen-bond donors (Lipinski definition) is 1. The molecule has 0 radical (unpaired) electrons. The summed E-state index contributed by atoms with van der Waals surface area (Å²) < 4.78 is 7.60. The highest BCUT2D eigenvalue weighted by Crippen LogP contribution is 2.24. The zero-order valence-corrected chi connectivity index (χ0v) is 14.0. The molecule has 0 bridgehead atoms. The predicted octanol–water partition coefficient (Wildman–Crippen LogP) is 1.37. The van der Waals surface area contributed by atoms with Crippen LogP contribution < -0.4 is 0 Å². The number of ether oxygens (including phenoxy) is 1. The van der Waals surface area contributed by atoms with E-state index in [4.69, 9.17) is 16.3 Å². The molecule has 1 saturated heterocycles. The minimum absolute atomic E-state index is 0.00905. The van der Waals surface area contributed by atoms with E-state index in [1.807, 2.05) is 24.3 Å². The molecule has 1 N–H and O–H groups in total. The van der Waals surface area contributed by atoms with Crippen molar-refractivity contribution < 1.29 is 14.6 Å². The fourth-order valence-electron chi connectivity index (χ4n) is 2.93. The van der Waals surface area contributed by atoms with E-state index in [2.05, 4.69) is 4.98 Å². The Morgan fingerprint density at radius 1 is 1.38 bits per heavy atom. The van der Waals surface area contributed by atoms with Crippen LogP contribution in [0.2, 0.25) is 5.02 Å². The summed E-state index contributed by atoms with van der Waals surface area (Å²) in [5, 5.41) is 10.6. The van der Waals surface area contributed by atoms with Gasteiger partial charge in [0, 0.05) is 30.4 Å². The molecule has 0 aliphatic carbocycles. The first kappa shape index (κ1) is 17.0. The van der Waals surface area contributed by atoms with Crippen LogP contribution in [-0.4, -0.2) is 57.4 Å². The van der Waals surface area contributed by atoms with Crippen molar-refractivity contribution in [3.63, 3.8) is 0 Å². The van der Waals surface area contributed by atoms with Gasteiger partial charge in [-0.15, -0.1) is 0 Å². The lowest BCUT2D eigenvalue weighted by Gasteiger charge is -2.42. The average Bonchev–Trinajstić information content (AvgIpc) is 3.10. The van der Waals surface area contributed by atoms with E-state index in [9.17, 15) is 9.90 Å². The van der Waals surface area contributed by atoms with Crippen LogP contribution in [0.25, 0.3) is 0 Å². The third-order valence-corrected chi connectivity index (χ3v) is 4.46. The van der Waals surface area contributed by atoms with Gasteiger partial charge in [0.2, 0.25) is 5.91 Å². The normalized spacial score (nSPS) is 21.0. The molecular formula is C17H20ClN3O3. The van der Waals surface area contributed by atoms with Crippen LogP contribution in [0.15, 0.2) is 43.0 Å². The minimum Gasteiger partial charge on any atom is -0.393 e. The largest absolute Gasteiger partial charge is 0.393 e. The molecule has 2 aromatic rings. The minimum atomic E-state index is -0.781. The molecule has 24 heavy (non-hydrogen) atoms. The Hall–Kier alpha value is -1.89. The molecule has 1 aliphatic rings. The van der Waals surface area contributed by atoms with Gasteiger partial charge in [0.15, 0.2) is 0 Å². The Labute approximate surface area is 145 Å². The van der Waals surface area contributed by atoms with E-state index in [0.29, 0.717) is 31.1 Å². The Morgan fingerprint density at radius 3 is 2.83 bits per heavy atom. The number of carbonyl (C=O) groups is 1. The predicted molar refractivity (Wildman–Crippen MR) is 89.7 cm³/mol. The van der Waals surface area contributed by atoms with Crippen molar-refractivity contribution in [2.75, 3.05) is 26.3 Å². The smallest absolute Gasteiger partial charge is 0.242 e. The first-order chi connectivity index (χ1) is 11.6. The van der Waals surface area contributed by atoms with Crippen LogP contribution in [0.3, 0.4) is 0 Å². The van der Waals surface area contributed by atoms with Crippen molar-refractivity contribution in [3.05, 3.63) is 53.6 Å². The van der Waals surface area contributed by atoms with Gasteiger partial charge in [-0.1, -0.05) is 23.7 Å². The lowest BCUT2D eigenvalue weighted by Crippen LogP contribution is -2.57. The summed E-state index contributed by atoms with van der Waals surface area (Å²) in [5.41, 5.74) is 0.230. The molecule has 0 saturated carbocycles. The average molecular weight is 350 g/mol. The lowest BCUT2D eigenvalue weighted by atomic mass is 9.93. The lowest BCUT2D eigenvalue weighted by molar-refractivity contribution is -0.158. The van der Waals surface area contributed by atoms with Gasteiger partial charge < -0.3 is 19.3 Å². The van der Waals surface area contributed by atoms with E-state index in [1.165, 1.54) is 0 Å². The van der Waals surface area contributed by atoms with E-state index < -0.39 is 5.60 Å². The second-order valence-corrected chi connectivity index (χ2v) is 6.48.